The van der Waals surface area contributed by atoms with Crippen molar-refractivity contribution in [2.24, 2.45) is 11.8 Å². The zero-order valence-electron chi connectivity index (χ0n) is 26.2. The number of benzene rings is 5. The quantitative estimate of drug-likeness (QED) is 0.170. The van der Waals surface area contributed by atoms with E-state index in [1.54, 1.807) is 38.5 Å². The molecular formula is C41H30ClNO5. The van der Waals surface area contributed by atoms with Gasteiger partial charge in [0.25, 0.3) is 0 Å². The van der Waals surface area contributed by atoms with Gasteiger partial charge in [-0.25, -0.2) is 4.90 Å². The fourth-order valence-corrected chi connectivity index (χ4v) is 8.61. The SMILES string of the molecule is COc1ccc(C2=C(c3ccc(OC)cc3)[C@@]3(c4ccccc4)C(=O)[C@@]2(c2ccccc2)[C@H]2C(=O)N(c4ccc(Cl)cc4)C(=O)[C@@H]23)cc1. The van der Waals surface area contributed by atoms with Gasteiger partial charge >= 0.3 is 0 Å². The first-order chi connectivity index (χ1) is 23.4. The molecule has 1 heterocycles. The molecule has 7 heteroatoms. The maximum Gasteiger partial charge on any atom is 0.239 e. The van der Waals surface area contributed by atoms with Gasteiger partial charge in [0.2, 0.25) is 11.8 Å². The lowest BCUT2D eigenvalue weighted by Crippen LogP contribution is -2.45. The number of anilines is 1. The Bertz CT molecular complexity index is 1980. The minimum atomic E-state index is -1.50. The third kappa shape index (κ3) is 3.84. The molecule has 1 saturated heterocycles. The summed E-state index contributed by atoms with van der Waals surface area (Å²) < 4.78 is 11.0. The molecule has 236 valence electrons. The molecule has 0 spiro atoms. The smallest absolute Gasteiger partial charge is 0.239 e. The summed E-state index contributed by atoms with van der Waals surface area (Å²) in [5, 5.41) is 0.486. The van der Waals surface area contributed by atoms with Crippen LogP contribution in [-0.2, 0) is 25.2 Å². The van der Waals surface area contributed by atoms with Crippen molar-refractivity contribution in [1.29, 1.82) is 0 Å². The Morgan fingerprint density at radius 3 is 1.31 bits per heavy atom. The number of Topliss-reactive ketones (excluding diaryl/α,β-unsaturated/α-hetero) is 1. The van der Waals surface area contributed by atoms with E-state index in [0.29, 0.717) is 44.5 Å². The first-order valence-corrected chi connectivity index (χ1v) is 16.1. The highest BCUT2D eigenvalue weighted by atomic mass is 35.5. The van der Waals surface area contributed by atoms with Gasteiger partial charge in [0.15, 0.2) is 5.78 Å². The second-order valence-corrected chi connectivity index (χ2v) is 12.8. The minimum Gasteiger partial charge on any atom is -0.497 e. The Morgan fingerprint density at radius 2 is 0.938 bits per heavy atom. The van der Waals surface area contributed by atoms with Gasteiger partial charge in [-0.15, -0.1) is 0 Å². The number of carbonyl (C=O) groups is 3. The zero-order valence-corrected chi connectivity index (χ0v) is 27.0. The molecule has 0 N–H and O–H groups in total. The maximum absolute atomic E-state index is 16.0. The minimum absolute atomic E-state index is 0.184. The number of nitrogens with zero attached hydrogens (tertiary/aromatic N) is 1. The molecule has 48 heavy (non-hydrogen) atoms. The van der Waals surface area contributed by atoms with Crippen molar-refractivity contribution in [2.45, 2.75) is 10.8 Å². The Hall–Kier alpha value is -5.46. The lowest BCUT2D eigenvalue weighted by Gasteiger charge is -2.39. The summed E-state index contributed by atoms with van der Waals surface area (Å²) in [6.45, 7) is 0. The molecule has 4 atom stereocenters. The van der Waals surface area contributed by atoms with E-state index in [0.717, 1.165) is 11.1 Å². The number of halogens is 1. The number of methoxy groups -OCH3 is 2. The van der Waals surface area contributed by atoms with Crippen LogP contribution >= 0.6 is 11.6 Å². The van der Waals surface area contributed by atoms with Gasteiger partial charge in [0.1, 0.15) is 11.5 Å². The third-order valence-corrected chi connectivity index (χ3v) is 10.5. The first kappa shape index (κ1) is 29.9. The molecule has 5 aromatic carbocycles. The third-order valence-electron chi connectivity index (χ3n) is 10.3. The Balaban J connectivity index is 1.54. The molecular weight excluding hydrogens is 622 g/mol. The first-order valence-electron chi connectivity index (χ1n) is 15.7. The van der Waals surface area contributed by atoms with Crippen LogP contribution in [0.15, 0.2) is 133 Å². The average molecular weight is 652 g/mol. The fourth-order valence-electron chi connectivity index (χ4n) is 8.48. The number of ketones is 1. The van der Waals surface area contributed by atoms with E-state index in [2.05, 4.69) is 0 Å². The van der Waals surface area contributed by atoms with E-state index in [-0.39, 0.29) is 5.78 Å². The van der Waals surface area contributed by atoms with Crippen LogP contribution < -0.4 is 14.4 Å². The highest BCUT2D eigenvalue weighted by Crippen LogP contribution is 2.74. The van der Waals surface area contributed by atoms with Gasteiger partial charge < -0.3 is 9.47 Å². The summed E-state index contributed by atoms with van der Waals surface area (Å²) in [7, 11) is 3.21. The van der Waals surface area contributed by atoms with Crippen LogP contribution in [0, 0.1) is 11.8 Å². The highest BCUT2D eigenvalue weighted by molar-refractivity contribution is 6.39. The van der Waals surface area contributed by atoms with Crippen LogP contribution in [0.25, 0.3) is 11.1 Å². The number of allylic oxidation sites excluding steroid dienone is 2. The molecule has 0 radical (unpaired) electrons. The van der Waals surface area contributed by atoms with E-state index in [1.165, 1.54) is 4.90 Å². The molecule has 3 aliphatic rings. The number of carbonyl (C=O) groups excluding carboxylic acids is 3. The fraction of sp³-hybridized carbons (Fsp3) is 0.146. The molecule has 0 unspecified atom stereocenters. The van der Waals surface area contributed by atoms with Crippen LogP contribution in [0.1, 0.15) is 22.3 Å². The topological polar surface area (TPSA) is 72.9 Å². The second-order valence-electron chi connectivity index (χ2n) is 12.3. The Kier molecular flexibility index (Phi) is 6.90. The Morgan fingerprint density at radius 1 is 0.542 bits per heavy atom. The highest BCUT2D eigenvalue weighted by Gasteiger charge is 2.82. The zero-order chi connectivity index (χ0) is 33.2. The van der Waals surface area contributed by atoms with Crippen LogP contribution in [0.4, 0.5) is 5.69 Å². The standard InChI is InChI=1S/C41H30ClNO5/c1-47-31-21-13-25(14-22-31)33-34(26-15-23-32(48-2)24-16-26)41(28-11-7-4-8-12-28)36-35(40(33,39(41)46)27-9-5-3-6-10-27)37(44)43(38(36)45)30-19-17-29(42)18-20-30/h3-24,35-36H,1-2H3/t35-,36-,40-,41-/m1/s1. The van der Waals surface area contributed by atoms with E-state index in [9.17, 15) is 0 Å². The van der Waals surface area contributed by atoms with Gasteiger partial charge in [-0.3, -0.25) is 14.4 Å². The molecule has 2 bridgehead atoms. The molecule has 0 aromatic heterocycles. The number of fused-ring (bicyclic) bond motifs is 5. The van der Waals surface area contributed by atoms with E-state index >= 15 is 14.4 Å². The van der Waals surface area contributed by atoms with Crippen molar-refractivity contribution in [3.8, 4) is 11.5 Å². The molecule has 1 aliphatic heterocycles. The van der Waals surface area contributed by atoms with Crippen molar-refractivity contribution < 1.29 is 23.9 Å². The molecule has 8 rings (SSSR count). The van der Waals surface area contributed by atoms with E-state index in [1.807, 2.05) is 109 Å². The summed E-state index contributed by atoms with van der Waals surface area (Å²) in [6.07, 6.45) is 0. The number of ether oxygens (including phenoxy) is 2. The van der Waals surface area contributed by atoms with Gasteiger partial charge in [0, 0.05) is 5.02 Å². The Labute approximate surface area is 283 Å². The van der Waals surface area contributed by atoms with Crippen molar-refractivity contribution in [3.63, 3.8) is 0 Å². The number of hydrogen-bond acceptors (Lipinski definition) is 5. The number of imide groups is 1. The van der Waals surface area contributed by atoms with Crippen LogP contribution in [0.2, 0.25) is 5.02 Å². The normalized spacial score (nSPS) is 24.3. The van der Waals surface area contributed by atoms with E-state index in [4.69, 9.17) is 21.1 Å². The summed E-state index contributed by atoms with van der Waals surface area (Å²) in [4.78, 5) is 47.3. The number of amides is 2. The lowest BCUT2D eigenvalue weighted by molar-refractivity contribution is -0.130. The molecule has 6 nitrogen and oxygen atoms in total. The predicted molar refractivity (Wildman–Crippen MR) is 185 cm³/mol. The molecule has 2 aliphatic carbocycles. The van der Waals surface area contributed by atoms with Crippen LogP contribution in [0.3, 0.4) is 0 Å². The lowest BCUT2D eigenvalue weighted by atomic mass is 9.59. The van der Waals surface area contributed by atoms with Gasteiger partial charge in [0.05, 0.1) is 42.6 Å². The second kappa shape index (κ2) is 11.1. The van der Waals surface area contributed by atoms with Gasteiger partial charge in [-0.05, 0) is 81.9 Å². The van der Waals surface area contributed by atoms with Gasteiger partial charge in [-0.1, -0.05) is 96.5 Å². The predicted octanol–water partition coefficient (Wildman–Crippen LogP) is 7.55. The van der Waals surface area contributed by atoms with Crippen molar-refractivity contribution >= 4 is 46.0 Å². The van der Waals surface area contributed by atoms with Crippen molar-refractivity contribution in [1.82, 2.24) is 0 Å². The number of hydrogen-bond donors (Lipinski definition) is 0. The molecule has 1 saturated carbocycles. The van der Waals surface area contributed by atoms with Crippen LogP contribution in [-0.4, -0.2) is 31.8 Å². The van der Waals surface area contributed by atoms with Crippen molar-refractivity contribution in [3.05, 3.63) is 161 Å². The van der Waals surface area contributed by atoms with E-state index < -0.39 is 34.5 Å². The monoisotopic (exact) mass is 651 g/mol. The molecule has 5 aromatic rings. The van der Waals surface area contributed by atoms with Gasteiger partial charge in [-0.2, -0.15) is 0 Å². The summed E-state index contributed by atoms with van der Waals surface area (Å²) in [5.41, 5.74) is 1.68. The van der Waals surface area contributed by atoms with Crippen molar-refractivity contribution in [2.75, 3.05) is 19.1 Å². The molecule has 2 amide bonds. The molecule has 2 fully saturated rings. The largest absolute Gasteiger partial charge is 0.497 e. The average Bonchev–Trinajstić information content (AvgIpc) is 3.65. The number of rotatable bonds is 7. The summed E-state index contributed by atoms with van der Waals surface area (Å²) >= 11 is 6.23. The summed E-state index contributed by atoms with van der Waals surface area (Å²) in [6, 6.07) is 40.7. The summed E-state index contributed by atoms with van der Waals surface area (Å²) in [5.74, 6) is -1.74. The maximum atomic E-state index is 16.0. The van der Waals surface area contributed by atoms with Crippen LogP contribution in [0.5, 0.6) is 11.5 Å².